The van der Waals surface area contributed by atoms with Crippen LogP contribution in [0.4, 0.5) is 5.69 Å². The summed E-state index contributed by atoms with van der Waals surface area (Å²) < 4.78 is 26.6. The molecule has 214 valence electrons. The van der Waals surface area contributed by atoms with E-state index in [9.17, 15) is 18.0 Å². The van der Waals surface area contributed by atoms with E-state index in [1.807, 2.05) is 62.4 Å². The third-order valence-electron chi connectivity index (χ3n) is 6.50. The van der Waals surface area contributed by atoms with E-state index in [1.54, 1.807) is 18.2 Å². The Morgan fingerprint density at radius 2 is 1.55 bits per heavy atom. The Morgan fingerprint density at radius 1 is 0.900 bits per heavy atom. The Labute approximate surface area is 247 Å². The molecule has 3 aromatic carbocycles. The molecule has 7 nitrogen and oxygen atoms in total. The first-order chi connectivity index (χ1) is 18.9. The van der Waals surface area contributed by atoms with Gasteiger partial charge in [0.15, 0.2) is 0 Å². The molecule has 0 aliphatic heterocycles. The third kappa shape index (κ3) is 8.71. The lowest BCUT2D eigenvalue weighted by Gasteiger charge is -2.31. The lowest BCUT2D eigenvalue weighted by atomic mass is 10.0. The maximum absolute atomic E-state index is 13.7. The van der Waals surface area contributed by atoms with E-state index in [-0.39, 0.29) is 37.7 Å². The second-order valence-electron chi connectivity index (χ2n) is 9.87. The molecule has 0 heterocycles. The number of halogens is 2. The average molecular weight is 605 g/mol. The number of nitrogens with one attached hydrogen (secondary N) is 1. The van der Waals surface area contributed by atoms with Crippen molar-refractivity contribution in [2.75, 3.05) is 24.2 Å². The van der Waals surface area contributed by atoms with Crippen LogP contribution < -0.4 is 9.62 Å². The molecule has 0 bridgehead atoms. The molecule has 2 amide bonds. The number of anilines is 1. The molecule has 0 aliphatic carbocycles. The molecule has 1 atom stereocenters. The second-order valence-corrected chi connectivity index (χ2v) is 12.6. The Balaban J connectivity index is 1.88. The number of aryl methyl sites for hydroxylation is 2. The molecule has 0 fully saturated rings. The van der Waals surface area contributed by atoms with E-state index < -0.39 is 16.1 Å². The minimum atomic E-state index is -3.58. The van der Waals surface area contributed by atoms with Gasteiger partial charge in [-0.3, -0.25) is 13.9 Å². The lowest BCUT2D eigenvalue weighted by molar-refractivity contribution is -0.141. The molecule has 1 N–H and O–H groups in total. The fourth-order valence-corrected chi connectivity index (χ4v) is 5.92. The van der Waals surface area contributed by atoms with Crippen molar-refractivity contribution in [3.8, 4) is 0 Å². The van der Waals surface area contributed by atoms with Crippen molar-refractivity contribution in [2.45, 2.75) is 45.7 Å². The minimum absolute atomic E-state index is 0.0421. The molecular formula is C30H35Cl2N3O4S. The highest BCUT2D eigenvalue weighted by molar-refractivity contribution is 7.92. The number of hydrogen-bond acceptors (Lipinski definition) is 4. The summed E-state index contributed by atoms with van der Waals surface area (Å²) in [5.41, 5.74) is 4.08. The fourth-order valence-electron chi connectivity index (χ4n) is 4.65. The Morgan fingerprint density at radius 3 is 2.12 bits per heavy atom. The number of amides is 2. The standard InChI is InChI=1S/C30H35Cl2N3O4S/c1-21-15-22(2)17-25(16-21)35(40(4,38)39)14-8-11-29(36)34(20-24-12-13-26(31)27(32)18-24)28(30(37)33-3)19-23-9-6-5-7-10-23/h5-7,9-10,12-13,15-18,28H,8,11,14,19-20H2,1-4H3,(H,33,37)/t28-/m1/s1. The van der Waals surface area contributed by atoms with Crippen molar-refractivity contribution >= 4 is 50.7 Å². The number of benzene rings is 3. The van der Waals surface area contributed by atoms with Crippen molar-refractivity contribution < 1.29 is 18.0 Å². The summed E-state index contributed by atoms with van der Waals surface area (Å²) in [4.78, 5) is 28.4. The molecule has 0 aromatic heterocycles. The maximum atomic E-state index is 13.7. The molecule has 0 saturated carbocycles. The van der Waals surface area contributed by atoms with Gasteiger partial charge < -0.3 is 10.2 Å². The van der Waals surface area contributed by atoms with Crippen LogP contribution in [-0.2, 0) is 32.6 Å². The van der Waals surface area contributed by atoms with E-state index in [4.69, 9.17) is 23.2 Å². The largest absolute Gasteiger partial charge is 0.357 e. The summed E-state index contributed by atoms with van der Waals surface area (Å²) in [6.45, 7) is 4.07. The van der Waals surface area contributed by atoms with Gasteiger partial charge in [0.1, 0.15) is 6.04 Å². The number of nitrogens with zero attached hydrogens (tertiary/aromatic N) is 2. The van der Waals surface area contributed by atoms with Crippen molar-refractivity contribution in [3.63, 3.8) is 0 Å². The monoisotopic (exact) mass is 603 g/mol. The zero-order valence-electron chi connectivity index (χ0n) is 23.2. The topological polar surface area (TPSA) is 86.8 Å². The molecule has 40 heavy (non-hydrogen) atoms. The number of hydrogen-bond donors (Lipinski definition) is 1. The van der Waals surface area contributed by atoms with Gasteiger partial charge in [0.25, 0.3) is 0 Å². The van der Waals surface area contributed by atoms with Crippen LogP contribution in [0.5, 0.6) is 0 Å². The number of carbonyl (C=O) groups is 2. The van der Waals surface area contributed by atoms with Crippen LogP contribution in [-0.4, -0.2) is 51.0 Å². The molecular weight excluding hydrogens is 569 g/mol. The van der Waals surface area contributed by atoms with Crippen LogP contribution >= 0.6 is 23.2 Å². The number of sulfonamides is 1. The summed E-state index contributed by atoms with van der Waals surface area (Å²) >= 11 is 12.3. The van der Waals surface area contributed by atoms with E-state index >= 15 is 0 Å². The quantitative estimate of drug-likeness (QED) is 0.294. The third-order valence-corrected chi connectivity index (χ3v) is 8.43. The Hall–Kier alpha value is -3.07. The van der Waals surface area contributed by atoms with Crippen LogP contribution in [0.25, 0.3) is 0 Å². The summed E-state index contributed by atoms with van der Waals surface area (Å²) in [5.74, 6) is -0.574. The van der Waals surface area contributed by atoms with Gasteiger partial charge in [0, 0.05) is 33.0 Å². The van der Waals surface area contributed by atoms with Gasteiger partial charge in [-0.2, -0.15) is 0 Å². The first-order valence-electron chi connectivity index (χ1n) is 12.9. The number of rotatable bonds is 12. The van der Waals surface area contributed by atoms with Crippen LogP contribution in [0.2, 0.25) is 10.0 Å². The molecule has 0 radical (unpaired) electrons. The van der Waals surface area contributed by atoms with Gasteiger partial charge in [0.2, 0.25) is 21.8 Å². The molecule has 10 heteroatoms. The van der Waals surface area contributed by atoms with E-state index in [1.165, 1.54) is 16.3 Å². The lowest BCUT2D eigenvalue weighted by Crippen LogP contribution is -2.49. The summed E-state index contributed by atoms with van der Waals surface area (Å²) in [6, 6.07) is 19.4. The highest BCUT2D eigenvalue weighted by Crippen LogP contribution is 2.25. The maximum Gasteiger partial charge on any atom is 0.242 e. The van der Waals surface area contributed by atoms with Crippen molar-refractivity contribution in [1.29, 1.82) is 0 Å². The van der Waals surface area contributed by atoms with Crippen LogP contribution in [0.3, 0.4) is 0 Å². The molecule has 0 aliphatic rings. The van der Waals surface area contributed by atoms with Gasteiger partial charge in [-0.15, -0.1) is 0 Å². The minimum Gasteiger partial charge on any atom is -0.357 e. The van der Waals surface area contributed by atoms with Gasteiger partial charge in [-0.05, 0) is 66.8 Å². The average Bonchev–Trinajstić information content (AvgIpc) is 2.89. The Kier molecular flexibility index (Phi) is 11.0. The normalized spacial score (nSPS) is 12.1. The van der Waals surface area contributed by atoms with E-state index in [2.05, 4.69) is 5.32 Å². The van der Waals surface area contributed by atoms with E-state index in [0.29, 0.717) is 22.2 Å². The highest BCUT2D eigenvalue weighted by atomic mass is 35.5. The van der Waals surface area contributed by atoms with Crippen LogP contribution in [0.1, 0.15) is 35.1 Å². The van der Waals surface area contributed by atoms with Crippen LogP contribution in [0, 0.1) is 13.8 Å². The first-order valence-corrected chi connectivity index (χ1v) is 15.5. The van der Waals surface area contributed by atoms with Gasteiger partial charge >= 0.3 is 0 Å². The van der Waals surface area contributed by atoms with Gasteiger partial charge in [-0.25, -0.2) is 8.42 Å². The zero-order valence-corrected chi connectivity index (χ0v) is 25.5. The number of carbonyl (C=O) groups excluding carboxylic acids is 2. The van der Waals surface area contributed by atoms with E-state index in [0.717, 1.165) is 28.5 Å². The SMILES string of the molecule is CNC(=O)[C@@H](Cc1ccccc1)N(Cc1ccc(Cl)c(Cl)c1)C(=O)CCCN(c1cc(C)cc(C)c1)S(C)(=O)=O. The summed E-state index contributed by atoms with van der Waals surface area (Å²) in [5, 5.41) is 3.43. The highest BCUT2D eigenvalue weighted by Gasteiger charge is 2.30. The smallest absolute Gasteiger partial charge is 0.242 e. The van der Waals surface area contributed by atoms with Crippen molar-refractivity contribution in [2.24, 2.45) is 0 Å². The predicted molar refractivity (Wildman–Crippen MR) is 162 cm³/mol. The molecule has 0 saturated heterocycles. The summed E-state index contributed by atoms with van der Waals surface area (Å²) in [6.07, 6.45) is 1.78. The Bertz CT molecular complexity index is 1430. The van der Waals surface area contributed by atoms with Gasteiger partial charge in [-0.1, -0.05) is 65.7 Å². The van der Waals surface area contributed by atoms with Crippen molar-refractivity contribution in [1.82, 2.24) is 10.2 Å². The predicted octanol–water partition coefficient (Wildman–Crippen LogP) is 5.54. The fraction of sp³-hybridized carbons (Fsp3) is 0.333. The van der Waals surface area contributed by atoms with Crippen molar-refractivity contribution in [3.05, 3.63) is 99.0 Å². The molecule has 3 aromatic rings. The first kappa shape index (κ1) is 31.5. The molecule has 0 unspecified atom stereocenters. The second kappa shape index (κ2) is 14.0. The van der Waals surface area contributed by atoms with Crippen LogP contribution in [0.15, 0.2) is 66.7 Å². The van der Waals surface area contributed by atoms with Gasteiger partial charge in [0.05, 0.1) is 22.0 Å². The molecule has 3 rings (SSSR count). The zero-order chi connectivity index (χ0) is 29.4. The molecule has 0 spiro atoms. The number of likely N-dealkylation sites (N-methyl/N-ethyl adjacent to an activating group) is 1. The summed E-state index contributed by atoms with van der Waals surface area (Å²) in [7, 11) is -2.05.